The first kappa shape index (κ1) is 12.7. The lowest BCUT2D eigenvalue weighted by Crippen LogP contribution is -2.45. The number of carbonyl (C=O) groups is 3. The highest BCUT2D eigenvalue weighted by molar-refractivity contribution is 8.14. The summed E-state index contributed by atoms with van der Waals surface area (Å²) in [5, 5.41) is 12.0. The Morgan fingerprint density at radius 1 is 1.26 bits per heavy atom. The van der Waals surface area contributed by atoms with E-state index < -0.39 is 23.8 Å². The molecule has 0 radical (unpaired) electrons. The van der Waals surface area contributed by atoms with E-state index in [9.17, 15) is 19.5 Å². The third-order valence-electron chi connectivity index (χ3n) is 4.30. The quantitative estimate of drug-likeness (QED) is 0.742. The maximum Gasteiger partial charge on any atom is 0.307 e. The first-order valence-electron chi connectivity index (χ1n) is 6.46. The molecule has 0 spiro atoms. The lowest BCUT2D eigenvalue weighted by Gasteiger charge is -2.25. The number of carboxylic acid groups (broad SMARTS) is 1. The Bertz CT molecular complexity index is 475. The minimum absolute atomic E-state index is 0.00950. The molecule has 5 nitrogen and oxygen atoms in total. The number of aliphatic carboxylic acids is 1. The minimum Gasteiger partial charge on any atom is -0.481 e. The molecule has 2 fully saturated rings. The highest BCUT2D eigenvalue weighted by atomic mass is 32.2. The molecule has 0 aromatic rings. The number of hydrogen-bond acceptors (Lipinski definition) is 4. The Morgan fingerprint density at radius 3 is 2.53 bits per heavy atom. The first-order valence-corrected chi connectivity index (χ1v) is 7.44. The first-order chi connectivity index (χ1) is 9.08. The van der Waals surface area contributed by atoms with Crippen molar-refractivity contribution in [3.05, 3.63) is 12.2 Å². The van der Waals surface area contributed by atoms with Gasteiger partial charge in [0.1, 0.15) is 0 Å². The van der Waals surface area contributed by atoms with Crippen LogP contribution in [0.3, 0.4) is 0 Å². The Labute approximate surface area is 114 Å². The van der Waals surface area contributed by atoms with E-state index in [0.29, 0.717) is 6.42 Å². The molecule has 1 saturated carbocycles. The van der Waals surface area contributed by atoms with E-state index in [1.807, 2.05) is 12.2 Å². The predicted molar refractivity (Wildman–Crippen MR) is 69.4 cm³/mol. The van der Waals surface area contributed by atoms with Crippen molar-refractivity contribution in [2.24, 2.45) is 23.7 Å². The molecule has 2 N–H and O–H groups in total. The fraction of sp³-hybridized carbons (Fsp3) is 0.615. The van der Waals surface area contributed by atoms with Crippen LogP contribution in [-0.2, 0) is 14.4 Å². The van der Waals surface area contributed by atoms with Crippen molar-refractivity contribution in [1.29, 1.82) is 0 Å². The molecular weight excluding hydrogens is 266 g/mol. The number of thioether (sulfide) groups is 1. The standard InChI is InChI=1S/C13H15NO4S/c15-11(14-8-3-4-19-13(8)18)9-6-1-2-7(5-6)10(9)12(16)17/h1-2,6-10H,3-5H2,(H,14,15)(H,16,17)/t6-,7-,8-,9-,10-/m0/s1. The Kier molecular flexibility index (Phi) is 3.12. The lowest BCUT2D eigenvalue weighted by molar-refractivity contribution is -0.148. The highest BCUT2D eigenvalue weighted by Gasteiger charge is 2.52. The number of rotatable bonds is 3. The monoisotopic (exact) mass is 281 g/mol. The third kappa shape index (κ3) is 2.08. The van der Waals surface area contributed by atoms with Gasteiger partial charge in [0.15, 0.2) is 0 Å². The average molecular weight is 281 g/mol. The van der Waals surface area contributed by atoms with Crippen LogP contribution in [0.5, 0.6) is 0 Å². The van der Waals surface area contributed by atoms with Crippen molar-refractivity contribution >= 4 is 28.8 Å². The summed E-state index contributed by atoms with van der Waals surface area (Å²) in [6.45, 7) is 0. The van der Waals surface area contributed by atoms with Crippen LogP contribution in [0.1, 0.15) is 12.8 Å². The molecule has 0 aromatic carbocycles. The molecule has 19 heavy (non-hydrogen) atoms. The molecular formula is C13H15NO4S. The van der Waals surface area contributed by atoms with Gasteiger partial charge in [-0.05, 0) is 24.7 Å². The SMILES string of the molecule is O=C(O)[C@@H]1[C@@H](C(=O)N[C@H]2CCSC2=O)[C@H]2C=C[C@H]1C2. The van der Waals surface area contributed by atoms with Gasteiger partial charge in [-0.3, -0.25) is 14.4 Å². The van der Waals surface area contributed by atoms with Gasteiger partial charge in [-0.25, -0.2) is 0 Å². The van der Waals surface area contributed by atoms with Gasteiger partial charge in [-0.15, -0.1) is 0 Å². The predicted octanol–water partition coefficient (Wildman–Crippen LogP) is 0.658. The minimum atomic E-state index is -0.913. The summed E-state index contributed by atoms with van der Waals surface area (Å²) < 4.78 is 0. The van der Waals surface area contributed by atoms with Crippen molar-refractivity contribution in [1.82, 2.24) is 5.32 Å². The van der Waals surface area contributed by atoms with E-state index in [2.05, 4.69) is 5.32 Å². The lowest BCUT2D eigenvalue weighted by atomic mass is 9.82. The number of carbonyl (C=O) groups excluding carboxylic acids is 2. The Balaban J connectivity index is 1.73. The second kappa shape index (κ2) is 4.67. The summed E-state index contributed by atoms with van der Waals surface area (Å²) in [6, 6.07) is -0.435. The summed E-state index contributed by atoms with van der Waals surface area (Å²) >= 11 is 1.23. The van der Waals surface area contributed by atoms with Crippen molar-refractivity contribution in [2.75, 3.05) is 5.75 Å². The van der Waals surface area contributed by atoms with Gasteiger partial charge < -0.3 is 10.4 Å². The third-order valence-corrected chi connectivity index (χ3v) is 5.31. The molecule has 5 atom stereocenters. The van der Waals surface area contributed by atoms with E-state index in [-0.39, 0.29) is 22.9 Å². The van der Waals surface area contributed by atoms with E-state index in [1.165, 1.54) is 11.8 Å². The van der Waals surface area contributed by atoms with Gasteiger partial charge >= 0.3 is 5.97 Å². The fourth-order valence-electron chi connectivity index (χ4n) is 3.41. The zero-order valence-corrected chi connectivity index (χ0v) is 11.1. The molecule has 1 aliphatic heterocycles. The molecule has 1 saturated heterocycles. The van der Waals surface area contributed by atoms with Gasteiger partial charge in [-0.2, -0.15) is 0 Å². The van der Waals surface area contributed by atoms with Crippen molar-refractivity contribution in [2.45, 2.75) is 18.9 Å². The summed E-state index contributed by atoms with van der Waals surface area (Å²) in [7, 11) is 0. The van der Waals surface area contributed by atoms with Gasteiger partial charge in [0.2, 0.25) is 11.0 Å². The fourth-order valence-corrected chi connectivity index (χ4v) is 4.34. The molecule has 6 heteroatoms. The largest absolute Gasteiger partial charge is 0.481 e. The number of nitrogens with one attached hydrogen (secondary N) is 1. The second-order valence-corrected chi connectivity index (χ2v) is 6.45. The molecule has 0 aromatic heterocycles. The zero-order valence-electron chi connectivity index (χ0n) is 10.2. The maximum absolute atomic E-state index is 12.3. The van der Waals surface area contributed by atoms with Crippen LogP contribution in [0.4, 0.5) is 0 Å². The Hall–Kier alpha value is -1.30. The van der Waals surface area contributed by atoms with Crippen LogP contribution in [0.15, 0.2) is 12.2 Å². The number of fused-ring (bicyclic) bond motifs is 2. The van der Waals surface area contributed by atoms with Gasteiger partial charge in [0, 0.05) is 5.75 Å². The normalized spacial score (nSPS) is 39.8. The summed E-state index contributed by atoms with van der Waals surface area (Å²) in [6.07, 6.45) is 5.23. The molecule has 102 valence electrons. The van der Waals surface area contributed by atoms with Crippen LogP contribution in [0, 0.1) is 23.7 Å². The van der Waals surface area contributed by atoms with Crippen LogP contribution in [0.2, 0.25) is 0 Å². The molecule has 1 heterocycles. The van der Waals surface area contributed by atoms with Crippen LogP contribution in [-0.4, -0.2) is 33.9 Å². The highest BCUT2D eigenvalue weighted by Crippen LogP contribution is 2.48. The maximum atomic E-state index is 12.3. The van der Waals surface area contributed by atoms with Crippen LogP contribution < -0.4 is 5.32 Å². The molecule has 0 unspecified atom stereocenters. The van der Waals surface area contributed by atoms with Crippen molar-refractivity contribution < 1.29 is 19.5 Å². The second-order valence-electron chi connectivity index (χ2n) is 5.36. The van der Waals surface area contributed by atoms with E-state index in [0.717, 1.165) is 12.2 Å². The van der Waals surface area contributed by atoms with Gasteiger partial charge in [-0.1, -0.05) is 23.9 Å². The van der Waals surface area contributed by atoms with E-state index in [1.54, 1.807) is 0 Å². The topological polar surface area (TPSA) is 83.5 Å². The molecule has 3 rings (SSSR count). The van der Waals surface area contributed by atoms with Gasteiger partial charge in [0.05, 0.1) is 17.9 Å². The number of allylic oxidation sites excluding steroid dienone is 2. The van der Waals surface area contributed by atoms with Crippen molar-refractivity contribution in [3.63, 3.8) is 0 Å². The molecule has 2 bridgehead atoms. The average Bonchev–Trinajstić information content (AvgIpc) is 3.04. The van der Waals surface area contributed by atoms with Gasteiger partial charge in [0.25, 0.3) is 0 Å². The zero-order chi connectivity index (χ0) is 13.6. The number of hydrogen-bond donors (Lipinski definition) is 2. The van der Waals surface area contributed by atoms with Crippen LogP contribution in [0.25, 0.3) is 0 Å². The van der Waals surface area contributed by atoms with E-state index in [4.69, 9.17) is 0 Å². The number of carboxylic acids is 1. The smallest absolute Gasteiger partial charge is 0.307 e. The molecule has 3 aliphatic rings. The van der Waals surface area contributed by atoms with Crippen molar-refractivity contribution in [3.8, 4) is 0 Å². The van der Waals surface area contributed by atoms with E-state index >= 15 is 0 Å². The molecule has 2 aliphatic carbocycles. The summed E-state index contributed by atoms with van der Waals surface area (Å²) in [5.74, 6) is -1.65. The van der Waals surface area contributed by atoms with Crippen LogP contribution >= 0.6 is 11.8 Å². The number of amides is 1. The summed E-state index contributed by atoms with van der Waals surface area (Å²) in [4.78, 5) is 35.1. The molecule has 1 amide bonds. The Morgan fingerprint density at radius 2 is 1.95 bits per heavy atom. The summed E-state index contributed by atoms with van der Waals surface area (Å²) in [5.41, 5.74) is 0.